The molecule has 0 fully saturated rings. The minimum Gasteiger partial charge on any atom is -0.333 e. The summed E-state index contributed by atoms with van der Waals surface area (Å²) in [6.45, 7) is 0. The molecule has 0 spiro atoms. The summed E-state index contributed by atoms with van der Waals surface area (Å²) in [4.78, 5) is 1.21. The van der Waals surface area contributed by atoms with Crippen LogP contribution in [0.4, 0.5) is 24.5 Å². The first-order chi connectivity index (χ1) is 9.01. The zero-order chi connectivity index (χ0) is 15.3. The van der Waals surface area contributed by atoms with Crippen LogP contribution in [0.15, 0.2) is 23.1 Å². The Balaban J connectivity index is 2.58. The van der Waals surface area contributed by atoms with E-state index in [1.165, 1.54) is 28.4 Å². The van der Waals surface area contributed by atoms with E-state index in [9.17, 15) is 21.6 Å². The molecule has 0 aliphatic carbocycles. The topological polar surface area (TPSA) is 40.6 Å². The summed E-state index contributed by atoms with van der Waals surface area (Å²) in [7, 11) is -0.473. The molecule has 112 valence electrons. The number of benzene rings is 1. The quantitative estimate of drug-likeness (QED) is 0.518. The van der Waals surface area contributed by atoms with Crippen LogP contribution in [-0.2, 0) is 9.84 Å². The third-order valence-electron chi connectivity index (χ3n) is 2.80. The first-order valence-corrected chi connectivity index (χ1v) is 9.36. The van der Waals surface area contributed by atoms with E-state index in [-0.39, 0.29) is 4.90 Å². The molecule has 2 rings (SSSR count). The smallest absolute Gasteiger partial charge is 0.333 e. The molecule has 0 saturated heterocycles. The summed E-state index contributed by atoms with van der Waals surface area (Å²) in [6.07, 6.45) is -3.30. The second kappa shape index (κ2) is 4.86. The Hall–Kier alpha value is -0.840. The molecule has 0 saturated carbocycles. The van der Waals surface area contributed by atoms with Gasteiger partial charge in [0.1, 0.15) is 0 Å². The van der Waals surface area contributed by atoms with Gasteiger partial charge in [-0.15, -0.1) is 0 Å². The number of hydrogen-bond acceptors (Lipinski definition) is 4. The Kier molecular flexibility index (Phi) is 3.78. The van der Waals surface area contributed by atoms with E-state index in [1.807, 2.05) is 0 Å². The highest BCUT2D eigenvalue weighted by atomic mass is 127. The summed E-state index contributed by atoms with van der Waals surface area (Å²) in [5.74, 6) is 0. The van der Waals surface area contributed by atoms with Crippen molar-refractivity contribution in [2.45, 2.75) is 11.1 Å². The first-order valence-electron chi connectivity index (χ1n) is 5.42. The van der Waals surface area contributed by atoms with E-state index >= 15 is 0 Å². The summed E-state index contributed by atoms with van der Waals surface area (Å²) in [5.41, 5.74) is 0.870. The Morgan fingerprint density at radius 3 is 2.25 bits per heavy atom. The van der Waals surface area contributed by atoms with E-state index in [2.05, 4.69) is 0 Å². The number of rotatable bonds is 1. The molecule has 1 aliphatic heterocycles. The van der Waals surface area contributed by atoms with Gasteiger partial charge in [0.2, 0.25) is 0 Å². The van der Waals surface area contributed by atoms with Crippen LogP contribution in [0, 0.1) is 0 Å². The number of hydrogen-bond donors (Lipinski definition) is 0. The normalized spacial score (nSPS) is 16.4. The number of fused-ring (bicyclic) bond motifs is 1. The Morgan fingerprint density at radius 1 is 1.15 bits per heavy atom. The maximum absolute atomic E-state index is 13.0. The number of anilines is 2. The fraction of sp³-hybridized carbons (Fsp3) is 0.364. The molecule has 1 aromatic carbocycles. The third-order valence-corrected chi connectivity index (χ3v) is 6.95. The highest BCUT2D eigenvalue weighted by Crippen LogP contribution is 2.42. The van der Waals surface area contributed by atoms with Gasteiger partial charge in [-0.3, -0.25) is 0 Å². The second-order valence-electron chi connectivity index (χ2n) is 4.33. The van der Waals surface area contributed by atoms with E-state index in [0.717, 1.165) is 11.2 Å². The first kappa shape index (κ1) is 15.5. The van der Waals surface area contributed by atoms with Crippen LogP contribution in [0.25, 0.3) is 0 Å². The molecule has 1 aliphatic rings. The van der Waals surface area contributed by atoms with Crippen molar-refractivity contribution in [2.24, 2.45) is 0 Å². The molecular weight excluding hydrogens is 408 g/mol. The number of alkyl halides is 3. The maximum Gasteiger partial charge on any atom is 0.438 e. The van der Waals surface area contributed by atoms with Crippen molar-refractivity contribution in [3.63, 3.8) is 0 Å². The summed E-state index contributed by atoms with van der Waals surface area (Å²) < 4.78 is 62.8. The molecule has 0 aromatic heterocycles. The van der Waals surface area contributed by atoms with Crippen LogP contribution < -0.4 is 8.01 Å². The molecule has 0 amide bonds. The van der Waals surface area contributed by atoms with Crippen molar-refractivity contribution in [1.29, 1.82) is 0 Å². The van der Waals surface area contributed by atoms with Crippen LogP contribution in [0.3, 0.4) is 0 Å². The monoisotopic (exact) mass is 420 g/mol. The Labute approximate surface area is 125 Å². The van der Waals surface area contributed by atoms with Gasteiger partial charge >= 0.3 is 6.18 Å². The molecule has 1 aromatic rings. The maximum atomic E-state index is 13.0. The van der Waals surface area contributed by atoms with Gasteiger partial charge in [0.05, 0.1) is 16.3 Å². The molecule has 0 atom stereocenters. The lowest BCUT2D eigenvalue weighted by Crippen LogP contribution is -2.40. The fourth-order valence-electron chi connectivity index (χ4n) is 1.83. The molecule has 0 N–H and O–H groups in total. The molecular formula is C11H12F3IN2O2S. The van der Waals surface area contributed by atoms with Crippen molar-refractivity contribution in [1.82, 2.24) is 0 Å². The highest BCUT2D eigenvalue weighted by Gasteiger charge is 2.41. The number of halogens is 4. The van der Waals surface area contributed by atoms with Gasteiger partial charge in [0.15, 0.2) is 13.5 Å². The summed E-state index contributed by atoms with van der Waals surface area (Å²) in [5, 5.41) is 0. The highest BCUT2D eigenvalue weighted by molar-refractivity contribution is 14.2. The zero-order valence-electron chi connectivity index (χ0n) is 10.9. The second-order valence-corrected chi connectivity index (χ2v) is 9.30. The minimum absolute atomic E-state index is 0.107. The van der Waals surface area contributed by atoms with Crippen LogP contribution in [0.2, 0.25) is 0 Å². The largest absolute Gasteiger partial charge is 0.438 e. The average molecular weight is 420 g/mol. The molecule has 4 nitrogen and oxygen atoms in total. The molecule has 1 heterocycles. The number of nitrogens with zero attached hydrogens (tertiary/aromatic N) is 2. The lowest BCUT2D eigenvalue weighted by molar-refractivity contribution is -0.0570. The van der Waals surface area contributed by atoms with Gasteiger partial charge in [0.25, 0.3) is 0 Å². The Morgan fingerprint density at radius 2 is 1.75 bits per heavy atom. The van der Waals surface area contributed by atoms with E-state index in [0.29, 0.717) is 11.4 Å². The molecule has 0 bridgehead atoms. The number of sulfone groups is 1. The van der Waals surface area contributed by atoms with Gasteiger partial charge in [-0.1, -0.05) is 0 Å². The third kappa shape index (κ3) is 2.78. The van der Waals surface area contributed by atoms with Gasteiger partial charge < -0.3 is 8.01 Å². The van der Waals surface area contributed by atoms with Gasteiger partial charge in [-0.05, 0) is 18.2 Å². The zero-order valence-corrected chi connectivity index (χ0v) is 13.8. The standard InChI is InChI=1S/C11H12F3IN2O2S/c1-16-8-5-4-7(20(3,18)19)6-9(8)17(2)15-10(16)11(12,13)14/h4-6H,1-3H3. The molecule has 0 radical (unpaired) electrons. The van der Waals surface area contributed by atoms with Crippen LogP contribution >= 0.6 is 21.0 Å². The molecule has 0 unspecified atom stereocenters. The van der Waals surface area contributed by atoms with Crippen molar-refractivity contribution < 1.29 is 21.6 Å². The molecule has 9 heteroatoms. The van der Waals surface area contributed by atoms with Crippen molar-refractivity contribution in [2.75, 3.05) is 28.4 Å². The van der Waals surface area contributed by atoms with Crippen molar-refractivity contribution >= 4 is 45.8 Å². The van der Waals surface area contributed by atoms with Gasteiger partial charge in [0, 0.05) is 41.4 Å². The summed E-state index contributed by atoms with van der Waals surface area (Å²) >= 11 is -1.43. The van der Waals surface area contributed by atoms with E-state index in [1.54, 1.807) is 7.05 Å². The SMILES string of the molecule is CN1I=C(C(F)(F)F)N(C)c2ccc(S(C)(=O)=O)cc21. The van der Waals surface area contributed by atoms with Crippen LogP contribution in [0.5, 0.6) is 0 Å². The van der Waals surface area contributed by atoms with Gasteiger partial charge in [-0.25, -0.2) is 8.42 Å². The lowest BCUT2D eigenvalue weighted by atomic mass is 10.2. The predicted octanol–water partition coefficient (Wildman–Crippen LogP) is 2.55. The minimum atomic E-state index is -4.37. The fourth-order valence-corrected chi connectivity index (χ4v) is 4.66. The average Bonchev–Trinajstić information content (AvgIpc) is 2.30. The van der Waals surface area contributed by atoms with Crippen LogP contribution in [0.1, 0.15) is 0 Å². The van der Waals surface area contributed by atoms with Crippen molar-refractivity contribution in [3.8, 4) is 0 Å². The predicted molar refractivity (Wildman–Crippen MR) is 81.4 cm³/mol. The van der Waals surface area contributed by atoms with Crippen molar-refractivity contribution in [3.05, 3.63) is 18.2 Å². The lowest BCUT2D eigenvalue weighted by Gasteiger charge is -2.33. The van der Waals surface area contributed by atoms with Gasteiger partial charge in [-0.2, -0.15) is 13.2 Å². The van der Waals surface area contributed by atoms with Crippen LogP contribution in [-0.4, -0.2) is 38.6 Å². The van der Waals surface area contributed by atoms with E-state index < -0.39 is 40.7 Å². The van der Waals surface area contributed by atoms with E-state index in [4.69, 9.17) is 0 Å². The Bertz CT molecular complexity index is 685. The summed E-state index contributed by atoms with van der Waals surface area (Å²) in [6, 6.07) is 4.17. The molecule has 20 heavy (non-hydrogen) atoms.